The van der Waals surface area contributed by atoms with Crippen LogP contribution in [0.3, 0.4) is 0 Å². The Morgan fingerprint density at radius 3 is 2.53 bits per heavy atom. The number of rotatable bonds is 4. The summed E-state index contributed by atoms with van der Waals surface area (Å²) in [5.41, 5.74) is 0. The van der Waals surface area contributed by atoms with E-state index in [1.54, 1.807) is 0 Å². The molecular formula is C7H14BO6P. The van der Waals surface area contributed by atoms with Gasteiger partial charge in [-0.3, -0.25) is 9.09 Å². The lowest BCUT2D eigenvalue weighted by molar-refractivity contribution is -0.00491. The van der Waals surface area contributed by atoms with Crippen molar-refractivity contribution in [1.29, 1.82) is 0 Å². The van der Waals surface area contributed by atoms with Crippen molar-refractivity contribution in [2.24, 2.45) is 0 Å². The van der Waals surface area contributed by atoms with Gasteiger partial charge in [0.25, 0.3) is 0 Å². The van der Waals surface area contributed by atoms with E-state index in [-0.39, 0.29) is 6.61 Å². The third-order valence-electron chi connectivity index (χ3n) is 2.12. The number of aliphatic hydroxyl groups is 1. The Bertz CT molecular complexity index is 256. The van der Waals surface area contributed by atoms with E-state index in [1.165, 1.54) is 7.11 Å². The maximum absolute atomic E-state index is 11.1. The van der Waals surface area contributed by atoms with Gasteiger partial charge in [0.05, 0.1) is 6.61 Å². The largest absolute Gasteiger partial charge is 0.394 e. The van der Waals surface area contributed by atoms with Crippen LogP contribution < -0.4 is 0 Å². The van der Waals surface area contributed by atoms with Crippen LogP contribution in [0.15, 0.2) is 0 Å². The van der Waals surface area contributed by atoms with E-state index in [1.807, 2.05) is 0 Å². The first-order valence-corrected chi connectivity index (χ1v) is 6.45. The third kappa shape index (κ3) is 3.27. The van der Waals surface area contributed by atoms with E-state index in [0.29, 0.717) is 0 Å². The van der Waals surface area contributed by atoms with Crippen LogP contribution in [-0.2, 0) is 18.6 Å². The molecule has 0 spiro atoms. The first-order chi connectivity index (χ1) is 6.89. The summed E-state index contributed by atoms with van der Waals surface area (Å²) in [7, 11) is 3.28. The molecule has 0 bridgehead atoms. The molecule has 2 radical (unpaired) electrons. The highest BCUT2D eigenvalue weighted by atomic mass is 31.2. The van der Waals surface area contributed by atoms with Gasteiger partial charge >= 0.3 is 7.60 Å². The molecule has 6 nitrogen and oxygen atoms in total. The highest BCUT2D eigenvalue weighted by Gasteiger charge is 2.45. The van der Waals surface area contributed by atoms with Crippen LogP contribution in [0, 0.1) is 0 Å². The Hall–Kier alpha value is 0.0949. The molecule has 8 heteroatoms. The molecule has 1 heterocycles. The Morgan fingerprint density at radius 1 is 1.53 bits per heavy atom. The Morgan fingerprint density at radius 2 is 2.13 bits per heavy atom. The fourth-order valence-corrected chi connectivity index (χ4v) is 2.23. The molecule has 5 atom stereocenters. The monoisotopic (exact) mass is 236 g/mol. The van der Waals surface area contributed by atoms with E-state index in [0.717, 1.165) is 6.66 Å². The number of hydrogen-bond acceptors (Lipinski definition) is 5. The van der Waals surface area contributed by atoms with Gasteiger partial charge < -0.3 is 19.5 Å². The molecular weight excluding hydrogens is 222 g/mol. The molecule has 2 N–H and O–H groups in total. The standard InChI is InChI=1S/C7H14BO6P/c1-12-6-5(14-15(2,10)11)4(3-9)13-7(6)8/h4-7,9H,3H2,1-2H3,(H,10,11). The van der Waals surface area contributed by atoms with Gasteiger partial charge in [-0.15, -0.1) is 0 Å². The van der Waals surface area contributed by atoms with Crippen molar-refractivity contribution in [1.82, 2.24) is 0 Å². The van der Waals surface area contributed by atoms with E-state index < -0.39 is 31.9 Å². The lowest BCUT2D eigenvalue weighted by Crippen LogP contribution is -2.37. The SMILES string of the molecule is [B]C1OC(CO)C(OP(C)(=O)O)C1OC. The van der Waals surface area contributed by atoms with Crippen LogP contribution >= 0.6 is 7.60 Å². The predicted octanol–water partition coefficient (Wildman–Crippen LogP) is -0.913. The van der Waals surface area contributed by atoms with Crippen molar-refractivity contribution in [3.05, 3.63) is 0 Å². The minimum Gasteiger partial charge on any atom is -0.394 e. The van der Waals surface area contributed by atoms with Crippen LogP contribution in [0.4, 0.5) is 0 Å². The van der Waals surface area contributed by atoms with Crippen molar-refractivity contribution in [3.63, 3.8) is 0 Å². The number of ether oxygens (including phenoxy) is 2. The summed E-state index contributed by atoms with van der Waals surface area (Å²) < 4.78 is 26.1. The molecule has 15 heavy (non-hydrogen) atoms. The fourth-order valence-electron chi connectivity index (χ4n) is 1.52. The summed E-state index contributed by atoms with van der Waals surface area (Å²) in [5.74, 6) is 0. The molecule has 1 rings (SSSR count). The van der Waals surface area contributed by atoms with E-state index >= 15 is 0 Å². The van der Waals surface area contributed by atoms with E-state index in [2.05, 4.69) is 0 Å². The minimum absolute atomic E-state index is 0.349. The molecule has 1 fully saturated rings. The molecule has 0 amide bonds. The van der Waals surface area contributed by atoms with Gasteiger partial charge in [0.2, 0.25) is 0 Å². The van der Waals surface area contributed by atoms with Crippen LogP contribution in [0.5, 0.6) is 0 Å². The quantitative estimate of drug-likeness (QED) is 0.485. The van der Waals surface area contributed by atoms with Crippen molar-refractivity contribution >= 4 is 15.4 Å². The molecule has 0 aliphatic carbocycles. The summed E-state index contributed by atoms with van der Waals surface area (Å²) in [6.07, 6.45) is -2.25. The van der Waals surface area contributed by atoms with Crippen LogP contribution in [0.2, 0.25) is 0 Å². The number of hydrogen-bond donors (Lipinski definition) is 2. The summed E-state index contributed by atoms with van der Waals surface area (Å²) >= 11 is 0. The normalized spacial score (nSPS) is 40.3. The average Bonchev–Trinajstić information content (AvgIpc) is 2.39. The first-order valence-electron chi connectivity index (χ1n) is 4.42. The molecule has 0 aromatic carbocycles. The Labute approximate surface area is 89.5 Å². The second-order valence-corrected chi connectivity index (χ2v) is 5.21. The van der Waals surface area contributed by atoms with Gasteiger partial charge in [0.15, 0.2) is 0 Å². The molecule has 0 aromatic rings. The Kier molecular flexibility index (Phi) is 4.34. The second kappa shape index (κ2) is 4.95. The van der Waals surface area contributed by atoms with Crippen LogP contribution in [0.1, 0.15) is 0 Å². The average molecular weight is 236 g/mol. The van der Waals surface area contributed by atoms with Crippen LogP contribution in [0.25, 0.3) is 0 Å². The second-order valence-electron chi connectivity index (χ2n) is 3.40. The molecule has 1 saturated heterocycles. The van der Waals surface area contributed by atoms with Crippen molar-refractivity contribution in [2.45, 2.75) is 24.3 Å². The number of aliphatic hydroxyl groups excluding tert-OH is 1. The molecule has 1 aliphatic heterocycles. The van der Waals surface area contributed by atoms with Gasteiger partial charge in [-0.05, 0) is 0 Å². The van der Waals surface area contributed by atoms with Gasteiger partial charge in [-0.1, -0.05) is 0 Å². The lowest BCUT2D eigenvalue weighted by atomic mass is 9.93. The number of methoxy groups -OCH3 is 1. The molecule has 5 unspecified atom stereocenters. The highest BCUT2D eigenvalue weighted by Crippen LogP contribution is 2.42. The zero-order valence-corrected chi connectivity index (χ0v) is 9.46. The maximum atomic E-state index is 11.1. The molecule has 1 aliphatic rings. The minimum atomic E-state index is -3.67. The summed E-state index contributed by atoms with van der Waals surface area (Å²) in [6.45, 7) is 0.705. The van der Waals surface area contributed by atoms with Crippen molar-refractivity contribution in [2.75, 3.05) is 20.4 Å². The van der Waals surface area contributed by atoms with Crippen LogP contribution in [-0.4, -0.2) is 62.5 Å². The smallest absolute Gasteiger partial charge is 0.325 e. The van der Waals surface area contributed by atoms with Gasteiger partial charge in [-0.25, -0.2) is 0 Å². The molecule has 0 aromatic heterocycles. The molecule has 86 valence electrons. The third-order valence-corrected chi connectivity index (χ3v) is 2.75. The van der Waals surface area contributed by atoms with E-state index in [4.69, 9.17) is 31.8 Å². The highest BCUT2D eigenvalue weighted by molar-refractivity contribution is 7.51. The maximum Gasteiger partial charge on any atom is 0.325 e. The summed E-state index contributed by atoms with van der Waals surface area (Å²) in [5, 5.41) is 8.98. The zero-order chi connectivity index (χ0) is 11.6. The summed E-state index contributed by atoms with van der Waals surface area (Å²) in [6, 6.07) is -0.774. The van der Waals surface area contributed by atoms with E-state index in [9.17, 15) is 4.57 Å². The Balaban J connectivity index is 2.76. The van der Waals surface area contributed by atoms with Gasteiger partial charge in [0, 0.05) is 19.8 Å². The predicted molar refractivity (Wildman–Crippen MR) is 52.9 cm³/mol. The molecule has 0 saturated carbocycles. The first kappa shape index (κ1) is 13.2. The van der Waals surface area contributed by atoms with Crippen molar-refractivity contribution < 1.29 is 28.6 Å². The topological polar surface area (TPSA) is 85.2 Å². The van der Waals surface area contributed by atoms with Gasteiger partial charge in [0.1, 0.15) is 26.2 Å². The fraction of sp³-hybridized carbons (Fsp3) is 1.00. The lowest BCUT2D eigenvalue weighted by Gasteiger charge is -2.23. The van der Waals surface area contributed by atoms with Gasteiger partial charge in [-0.2, -0.15) is 0 Å². The van der Waals surface area contributed by atoms with Crippen molar-refractivity contribution in [3.8, 4) is 0 Å². The summed E-state index contributed by atoms with van der Waals surface area (Å²) in [4.78, 5) is 9.09. The zero-order valence-electron chi connectivity index (χ0n) is 8.57.